The zero-order valence-corrected chi connectivity index (χ0v) is 42.8. The van der Waals surface area contributed by atoms with Crippen molar-refractivity contribution in [3.8, 4) is 22.6 Å². The Morgan fingerprint density at radius 2 is 0.843 bits per heavy atom. The molecule has 0 aliphatic carbocycles. The van der Waals surface area contributed by atoms with Crippen LogP contribution in [0.2, 0.25) is 39.3 Å². The second kappa shape index (κ2) is 14.6. The van der Waals surface area contributed by atoms with Gasteiger partial charge in [0.2, 0.25) is 0 Å². The van der Waals surface area contributed by atoms with Gasteiger partial charge in [-0.05, 0) is 33.7 Å². The fraction of sp³-hybridized carbons (Fsp3) is 0.318. The van der Waals surface area contributed by atoms with E-state index in [0.717, 1.165) is 22.6 Å². The van der Waals surface area contributed by atoms with Crippen LogP contribution in [0.15, 0.2) is 97.1 Å². The van der Waals surface area contributed by atoms with Crippen molar-refractivity contribution in [2.24, 2.45) is 0 Å². The van der Waals surface area contributed by atoms with Crippen LogP contribution >= 0.6 is 0 Å². The minimum absolute atomic E-state index is 0. The summed E-state index contributed by atoms with van der Waals surface area (Å²) in [7, 11) is -7.31. The number of hydrogen-bond acceptors (Lipinski definition) is 2. The summed E-state index contributed by atoms with van der Waals surface area (Å²) >= 11 is 0. The van der Waals surface area contributed by atoms with E-state index in [9.17, 15) is 0 Å². The number of hydrogen-bond donors (Lipinski definition) is 0. The smallest absolute Gasteiger partial charge is 0.522 e. The molecule has 0 amide bonds. The van der Waals surface area contributed by atoms with Crippen molar-refractivity contribution in [1.29, 1.82) is 0 Å². The quantitative estimate of drug-likeness (QED) is 0.201. The molecule has 1 aliphatic heterocycles. The molecule has 6 aromatic rings. The van der Waals surface area contributed by atoms with Crippen LogP contribution in [0.25, 0.3) is 32.7 Å². The fourth-order valence-electron chi connectivity index (χ4n) is 7.55. The van der Waals surface area contributed by atoms with Gasteiger partial charge < -0.3 is 8.85 Å². The van der Waals surface area contributed by atoms with E-state index >= 15 is 0 Å². The minimum atomic E-state index is -3.52. The standard InChI is InChI=1S/C44H52O2Si3.2K/c1-43(2,3)31-25-37(47(7,8)9)39(27-31)49(40-28-32(44(4,5)6)26-38(40)48(10,11)12)45-35-23-21-29-17-13-15-19-33(29)41(35)42-34-20-16-14-18-30(34)22-24-36(42)46-49;;/h13-28H,1-12H3;;/q-2;2*+1. The van der Waals surface area contributed by atoms with Crippen molar-refractivity contribution in [1.82, 2.24) is 0 Å². The van der Waals surface area contributed by atoms with Crippen LogP contribution in [0.1, 0.15) is 52.7 Å². The van der Waals surface area contributed by atoms with Crippen molar-refractivity contribution in [2.45, 2.75) is 91.7 Å². The zero-order valence-electron chi connectivity index (χ0n) is 33.6. The van der Waals surface area contributed by atoms with Gasteiger partial charge in [-0.15, -0.1) is 10.4 Å². The van der Waals surface area contributed by atoms with Gasteiger partial charge in [0.15, 0.2) is 0 Å². The molecule has 0 radical (unpaired) electrons. The molecule has 0 N–H and O–H groups in total. The van der Waals surface area contributed by atoms with Crippen LogP contribution in [-0.2, 0) is 10.8 Å². The Hall–Kier alpha value is -0.377. The molecule has 0 atom stereocenters. The largest absolute Gasteiger partial charge is 1.00 e. The molecule has 7 heteroatoms. The van der Waals surface area contributed by atoms with E-state index in [4.69, 9.17) is 8.85 Å². The molecule has 1 heterocycles. The van der Waals surface area contributed by atoms with Crippen LogP contribution in [-0.4, -0.2) is 24.7 Å². The summed E-state index contributed by atoms with van der Waals surface area (Å²) in [6, 6.07) is 36.4. The van der Waals surface area contributed by atoms with Crippen LogP contribution < -0.4 is 132 Å². The first-order valence-corrected chi connectivity index (χ1v) is 26.7. The van der Waals surface area contributed by atoms with Gasteiger partial charge in [0.05, 0.1) is 0 Å². The van der Waals surface area contributed by atoms with Gasteiger partial charge in [0, 0.05) is 27.3 Å². The first-order valence-electron chi connectivity index (χ1n) is 17.9. The minimum Gasteiger partial charge on any atom is -0.522 e. The van der Waals surface area contributed by atoms with Gasteiger partial charge in [-0.1, -0.05) is 152 Å². The maximum atomic E-state index is 7.94. The average Bonchev–Trinajstić information content (AvgIpc) is 3.65. The maximum Gasteiger partial charge on any atom is 1.00 e. The Kier molecular flexibility index (Phi) is 12.0. The summed E-state index contributed by atoms with van der Waals surface area (Å²) in [5.74, 6) is 1.83. The molecule has 0 aromatic heterocycles. The fourth-order valence-corrected chi connectivity index (χ4v) is 17.0. The van der Waals surface area contributed by atoms with Gasteiger partial charge in [-0.25, -0.2) is 0 Å². The number of benzene rings is 4. The molecule has 0 fully saturated rings. The molecule has 2 nitrogen and oxygen atoms in total. The summed E-state index contributed by atoms with van der Waals surface area (Å²) in [4.78, 5) is 0. The van der Waals surface area contributed by atoms with E-state index in [1.54, 1.807) is 0 Å². The van der Waals surface area contributed by atoms with Gasteiger partial charge in [-0.3, -0.25) is 0 Å². The number of rotatable bonds is 4. The summed E-state index contributed by atoms with van der Waals surface area (Å²) in [5, 5.41) is 10.3. The molecule has 0 bridgehead atoms. The summed E-state index contributed by atoms with van der Waals surface area (Å²) in [5.41, 5.74) is 4.96. The SMILES string of the molecule is CC(C)(C)[c-]1cc([Si](C)(C)C)c([Si]2(c3c[c-](C(C)(C)C)cc3[Si](C)(C)C)Oc3ccc4ccccc4c3-c3c(ccc4ccccc34)O2)c1.[K+].[K+]. The summed E-state index contributed by atoms with van der Waals surface area (Å²) in [6.45, 7) is 28.9. The van der Waals surface area contributed by atoms with Crippen molar-refractivity contribution in [2.75, 3.05) is 0 Å². The van der Waals surface area contributed by atoms with Gasteiger partial charge in [0.25, 0.3) is 0 Å². The number of fused-ring (bicyclic) bond motifs is 7. The van der Waals surface area contributed by atoms with E-state index in [1.165, 1.54) is 53.4 Å². The molecular formula is C44H52K2O2Si3. The van der Waals surface area contributed by atoms with Gasteiger partial charge >= 0.3 is 111 Å². The Morgan fingerprint density at radius 1 is 0.490 bits per heavy atom. The second-order valence-corrected chi connectivity index (χ2v) is 31.1. The van der Waals surface area contributed by atoms with Crippen molar-refractivity contribution in [3.05, 3.63) is 108 Å². The Balaban J connectivity index is 0.00000252. The monoisotopic (exact) mass is 774 g/mol. The second-order valence-electron chi connectivity index (χ2n) is 18.3. The first-order chi connectivity index (χ1) is 22.8. The molecule has 7 rings (SSSR count). The molecular weight excluding hydrogens is 723 g/mol. The molecule has 0 spiro atoms. The molecule has 1 aliphatic rings. The Bertz CT molecular complexity index is 2070. The third kappa shape index (κ3) is 7.61. The topological polar surface area (TPSA) is 18.5 Å². The van der Waals surface area contributed by atoms with E-state index in [1.807, 2.05) is 0 Å². The Labute approximate surface area is 395 Å². The molecule has 6 aromatic carbocycles. The van der Waals surface area contributed by atoms with Crippen LogP contribution in [0.3, 0.4) is 0 Å². The molecule has 254 valence electrons. The van der Waals surface area contributed by atoms with Gasteiger partial charge in [-0.2, -0.15) is 45.8 Å². The van der Waals surface area contributed by atoms with Gasteiger partial charge in [0.1, 0.15) is 11.5 Å². The Morgan fingerprint density at radius 3 is 1.18 bits per heavy atom. The van der Waals surface area contributed by atoms with Crippen LogP contribution in [0.5, 0.6) is 11.5 Å². The van der Waals surface area contributed by atoms with Crippen molar-refractivity contribution < 1.29 is 112 Å². The van der Waals surface area contributed by atoms with E-state index in [2.05, 4.69) is 178 Å². The molecule has 0 saturated heterocycles. The van der Waals surface area contributed by atoms with E-state index in [0.29, 0.717) is 0 Å². The average molecular weight is 775 g/mol. The first kappa shape index (κ1) is 41.8. The maximum absolute atomic E-state index is 7.94. The van der Waals surface area contributed by atoms with Crippen molar-refractivity contribution in [3.63, 3.8) is 0 Å². The molecule has 0 saturated carbocycles. The normalized spacial score (nSPS) is 14.4. The van der Waals surface area contributed by atoms with E-state index in [-0.39, 0.29) is 114 Å². The third-order valence-corrected chi connectivity index (χ3v) is 18.2. The molecule has 51 heavy (non-hydrogen) atoms. The van der Waals surface area contributed by atoms with Crippen molar-refractivity contribution >= 4 is 67.0 Å². The zero-order chi connectivity index (χ0) is 35.3. The third-order valence-electron chi connectivity index (χ3n) is 10.4. The van der Waals surface area contributed by atoms with Crippen LogP contribution in [0, 0.1) is 0 Å². The predicted octanol–water partition coefficient (Wildman–Crippen LogP) is 3.82. The summed E-state index contributed by atoms with van der Waals surface area (Å²) < 4.78 is 15.9. The summed E-state index contributed by atoms with van der Waals surface area (Å²) in [6.07, 6.45) is 0. The predicted molar refractivity (Wildman–Crippen MR) is 221 cm³/mol. The molecule has 0 unspecified atom stereocenters. The van der Waals surface area contributed by atoms with Crippen LogP contribution in [0.4, 0.5) is 0 Å². The van der Waals surface area contributed by atoms with E-state index < -0.39 is 24.7 Å².